The van der Waals surface area contributed by atoms with Gasteiger partial charge in [0.15, 0.2) is 0 Å². The molecule has 0 unspecified atom stereocenters. The number of sulfonamides is 1. The average molecular weight is 422 g/mol. The largest absolute Gasteiger partial charge is 0.481 e. The zero-order chi connectivity index (χ0) is 21.3. The Morgan fingerprint density at radius 1 is 1.14 bits per heavy atom. The number of carboxylic acid groups (broad SMARTS) is 1. The Labute approximate surface area is 168 Å². The van der Waals surface area contributed by atoms with Crippen molar-refractivity contribution in [2.45, 2.75) is 20.3 Å². The third-order valence-corrected chi connectivity index (χ3v) is 7.19. The van der Waals surface area contributed by atoms with Crippen LogP contribution in [0.4, 0.5) is 4.39 Å². The molecule has 0 aliphatic carbocycles. The van der Waals surface area contributed by atoms with E-state index in [1.807, 2.05) is 0 Å². The highest BCUT2D eigenvalue weighted by atomic mass is 32.2. The number of carboxylic acids is 1. The third kappa shape index (κ3) is 4.25. The summed E-state index contributed by atoms with van der Waals surface area (Å²) in [6, 6.07) is 5.74. The third-order valence-electron chi connectivity index (χ3n) is 5.31. The van der Waals surface area contributed by atoms with Crippen LogP contribution >= 0.6 is 0 Å². The van der Waals surface area contributed by atoms with Crippen LogP contribution < -0.4 is 0 Å². The van der Waals surface area contributed by atoms with E-state index in [0.717, 1.165) is 0 Å². The Bertz CT molecular complexity index is 1080. The Morgan fingerprint density at radius 2 is 1.79 bits per heavy atom. The quantitative estimate of drug-likeness (QED) is 0.796. The fourth-order valence-corrected chi connectivity index (χ4v) is 4.75. The van der Waals surface area contributed by atoms with E-state index in [0.29, 0.717) is 21.9 Å². The van der Waals surface area contributed by atoms with Gasteiger partial charge < -0.3 is 10.0 Å². The fraction of sp³-hybridized carbons (Fsp3) is 0.400. The van der Waals surface area contributed by atoms with Gasteiger partial charge >= 0.3 is 5.97 Å². The summed E-state index contributed by atoms with van der Waals surface area (Å²) in [7, 11) is -3.32. The second kappa shape index (κ2) is 8.08. The lowest BCUT2D eigenvalue weighted by Gasteiger charge is -2.34. The fourth-order valence-electron chi connectivity index (χ4n) is 3.66. The standard InChI is InChI=1S/C20H23FN2O5S/c1-3-29(27,28)23-8-6-22(7-9-23)20(26)19-13(2)15(11-18(24)25)10-14-4-5-16(21)12-17(14)19/h4-5,10,12H,3,6-9,11H2,1-2H3,(H,24,25). The van der Waals surface area contributed by atoms with Gasteiger partial charge in [-0.3, -0.25) is 9.59 Å². The zero-order valence-electron chi connectivity index (χ0n) is 16.3. The number of piperazine rings is 1. The van der Waals surface area contributed by atoms with E-state index in [2.05, 4.69) is 0 Å². The van der Waals surface area contributed by atoms with E-state index in [1.54, 1.807) is 24.8 Å². The molecule has 156 valence electrons. The number of amides is 1. The first-order valence-electron chi connectivity index (χ1n) is 9.34. The Balaban J connectivity index is 2.00. The average Bonchev–Trinajstić information content (AvgIpc) is 2.68. The molecule has 1 amide bonds. The molecule has 1 saturated heterocycles. The van der Waals surface area contributed by atoms with Gasteiger partial charge in [-0.25, -0.2) is 12.8 Å². The van der Waals surface area contributed by atoms with Gasteiger partial charge in [0, 0.05) is 26.2 Å². The van der Waals surface area contributed by atoms with Crippen molar-refractivity contribution in [2.75, 3.05) is 31.9 Å². The van der Waals surface area contributed by atoms with Crippen LogP contribution in [0.1, 0.15) is 28.4 Å². The molecular weight excluding hydrogens is 399 g/mol. The maximum Gasteiger partial charge on any atom is 0.307 e. The number of rotatable bonds is 5. The summed E-state index contributed by atoms with van der Waals surface area (Å²) >= 11 is 0. The Hall–Kier alpha value is -2.52. The number of carbonyl (C=O) groups is 2. The number of nitrogens with zero attached hydrogens (tertiary/aromatic N) is 2. The van der Waals surface area contributed by atoms with Crippen molar-refractivity contribution in [3.05, 3.63) is 46.8 Å². The van der Waals surface area contributed by atoms with Gasteiger partial charge in [-0.15, -0.1) is 0 Å². The van der Waals surface area contributed by atoms with Crippen molar-refractivity contribution in [3.8, 4) is 0 Å². The molecule has 0 radical (unpaired) electrons. The monoisotopic (exact) mass is 422 g/mol. The minimum Gasteiger partial charge on any atom is -0.481 e. The topological polar surface area (TPSA) is 95.0 Å². The van der Waals surface area contributed by atoms with Gasteiger partial charge in [0.25, 0.3) is 5.91 Å². The van der Waals surface area contributed by atoms with E-state index in [-0.39, 0.29) is 49.8 Å². The smallest absolute Gasteiger partial charge is 0.307 e. The van der Waals surface area contributed by atoms with Crippen LogP contribution in [0.5, 0.6) is 0 Å². The summed E-state index contributed by atoms with van der Waals surface area (Å²) < 4.78 is 39.3. The molecule has 1 N–H and O–H groups in total. The van der Waals surface area contributed by atoms with Crippen molar-refractivity contribution < 1.29 is 27.5 Å². The summed E-state index contributed by atoms with van der Waals surface area (Å²) in [5, 5.41) is 10.2. The Morgan fingerprint density at radius 3 is 2.38 bits per heavy atom. The van der Waals surface area contributed by atoms with Gasteiger partial charge in [0.1, 0.15) is 5.82 Å². The molecule has 29 heavy (non-hydrogen) atoms. The van der Waals surface area contributed by atoms with E-state index in [1.165, 1.54) is 22.5 Å². The number of hydrogen-bond donors (Lipinski definition) is 1. The summed E-state index contributed by atoms with van der Waals surface area (Å²) in [6.45, 7) is 4.07. The SMILES string of the molecule is CCS(=O)(=O)N1CCN(C(=O)c2c(C)c(CC(=O)O)cc3ccc(F)cc23)CC1. The van der Waals surface area contributed by atoms with Gasteiger partial charge in [-0.2, -0.15) is 4.31 Å². The molecule has 3 rings (SSSR count). The minimum absolute atomic E-state index is 0.00119. The number of halogens is 1. The number of aliphatic carboxylic acids is 1. The van der Waals surface area contributed by atoms with Gasteiger partial charge in [-0.1, -0.05) is 12.1 Å². The summed E-state index contributed by atoms with van der Waals surface area (Å²) in [4.78, 5) is 26.1. The molecule has 0 atom stereocenters. The van der Waals surface area contributed by atoms with E-state index in [4.69, 9.17) is 0 Å². The van der Waals surface area contributed by atoms with E-state index in [9.17, 15) is 27.5 Å². The lowest BCUT2D eigenvalue weighted by molar-refractivity contribution is -0.136. The van der Waals surface area contributed by atoms with Crippen molar-refractivity contribution in [3.63, 3.8) is 0 Å². The maximum absolute atomic E-state index is 13.9. The van der Waals surface area contributed by atoms with Gasteiger partial charge in [0.2, 0.25) is 10.0 Å². The van der Waals surface area contributed by atoms with Crippen LogP contribution in [0.25, 0.3) is 10.8 Å². The van der Waals surface area contributed by atoms with Crippen LogP contribution in [0.3, 0.4) is 0 Å². The second-order valence-corrected chi connectivity index (χ2v) is 9.32. The number of hydrogen-bond acceptors (Lipinski definition) is 4. The first-order chi connectivity index (χ1) is 13.6. The highest BCUT2D eigenvalue weighted by Gasteiger charge is 2.30. The molecule has 2 aromatic carbocycles. The van der Waals surface area contributed by atoms with Crippen LogP contribution in [0.15, 0.2) is 24.3 Å². The van der Waals surface area contributed by atoms with Gasteiger partial charge in [0.05, 0.1) is 17.7 Å². The zero-order valence-corrected chi connectivity index (χ0v) is 17.1. The molecule has 1 aliphatic rings. The van der Waals surface area contributed by atoms with Crippen molar-refractivity contribution in [2.24, 2.45) is 0 Å². The Kier molecular flexibility index (Phi) is 5.90. The van der Waals surface area contributed by atoms with Crippen LogP contribution in [0.2, 0.25) is 0 Å². The first kappa shape index (κ1) is 21.2. The number of benzene rings is 2. The molecule has 0 spiro atoms. The molecule has 7 nitrogen and oxygen atoms in total. The summed E-state index contributed by atoms with van der Waals surface area (Å²) in [5.74, 6) is -1.86. The molecule has 0 aromatic heterocycles. The molecule has 1 fully saturated rings. The van der Waals surface area contributed by atoms with Crippen molar-refractivity contribution >= 4 is 32.7 Å². The van der Waals surface area contributed by atoms with Gasteiger partial charge in [-0.05, 0) is 47.9 Å². The van der Waals surface area contributed by atoms with Crippen LogP contribution in [-0.4, -0.2) is 66.5 Å². The summed E-state index contributed by atoms with van der Waals surface area (Å²) in [5.41, 5.74) is 1.26. The lowest BCUT2D eigenvalue weighted by Crippen LogP contribution is -2.51. The van der Waals surface area contributed by atoms with Crippen molar-refractivity contribution in [1.82, 2.24) is 9.21 Å². The number of fused-ring (bicyclic) bond motifs is 1. The van der Waals surface area contributed by atoms with Crippen LogP contribution in [0, 0.1) is 12.7 Å². The predicted molar refractivity (Wildman–Crippen MR) is 107 cm³/mol. The molecular formula is C20H23FN2O5S. The molecule has 0 bridgehead atoms. The molecule has 9 heteroatoms. The lowest BCUT2D eigenvalue weighted by atomic mass is 9.92. The summed E-state index contributed by atoms with van der Waals surface area (Å²) in [6.07, 6.45) is -0.248. The predicted octanol–water partition coefficient (Wildman–Crippen LogP) is 2.02. The second-order valence-electron chi connectivity index (χ2n) is 7.06. The highest BCUT2D eigenvalue weighted by Crippen LogP contribution is 2.29. The normalized spacial score (nSPS) is 15.6. The maximum atomic E-state index is 13.9. The van der Waals surface area contributed by atoms with Crippen molar-refractivity contribution in [1.29, 1.82) is 0 Å². The molecule has 1 heterocycles. The van der Waals surface area contributed by atoms with E-state index < -0.39 is 21.8 Å². The van der Waals surface area contributed by atoms with Crippen LogP contribution in [-0.2, 0) is 21.2 Å². The first-order valence-corrected chi connectivity index (χ1v) is 11.0. The number of carbonyl (C=O) groups excluding carboxylic acids is 1. The highest BCUT2D eigenvalue weighted by molar-refractivity contribution is 7.89. The minimum atomic E-state index is -3.32. The molecule has 0 saturated carbocycles. The molecule has 1 aliphatic heterocycles. The van der Waals surface area contributed by atoms with E-state index >= 15 is 0 Å². The molecule has 2 aromatic rings.